The van der Waals surface area contributed by atoms with Crippen molar-refractivity contribution in [3.05, 3.63) is 0 Å². The van der Waals surface area contributed by atoms with Gasteiger partial charge in [-0.15, -0.1) is 0 Å². The number of hydrogen-bond donors (Lipinski definition) is 1. The van der Waals surface area contributed by atoms with Crippen molar-refractivity contribution >= 4 is 0 Å². The monoisotopic (exact) mass is 242 g/mol. The van der Waals surface area contributed by atoms with Gasteiger partial charge in [-0.2, -0.15) is 0 Å². The van der Waals surface area contributed by atoms with Gasteiger partial charge in [0.25, 0.3) is 0 Å². The molecule has 0 spiro atoms. The van der Waals surface area contributed by atoms with Crippen LogP contribution in [0.15, 0.2) is 0 Å². The van der Waals surface area contributed by atoms with Gasteiger partial charge < -0.3 is 15.1 Å². The fourth-order valence-corrected chi connectivity index (χ4v) is 2.47. The van der Waals surface area contributed by atoms with Crippen molar-refractivity contribution in [1.82, 2.24) is 20.0 Å². The van der Waals surface area contributed by atoms with Gasteiger partial charge in [-0.3, -0.25) is 4.90 Å². The molecule has 1 aliphatic rings. The average Bonchev–Trinajstić information content (AvgIpc) is 2.64. The lowest BCUT2D eigenvalue weighted by atomic mass is 10.2. The second-order valence-electron chi connectivity index (χ2n) is 5.65. The molecule has 4 nitrogen and oxygen atoms in total. The van der Waals surface area contributed by atoms with E-state index in [1.54, 1.807) is 0 Å². The third kappa shape index (κ3) is 6.36. The lowest BCUT2D eigenvalue weighted by Gasteiger charge is -2.27. The molecule has 1 saturated heterocycles. The van der Waals surface area contributed by atoms with Crippen LogP contribution in [-0.4, -0.2) is 88.2 Å². The van der Waals surface area contributed by atoms with Crippen LogP contribution < -0.4 is 5.32 Å². The molecule has 0 aromatic carbocycles. The van der Waals surface area contributed by atoms with Crippen LogP contribution in [0.4, 0.5) is 0 Å². The summed E-state index contributed by atoms with van der Waals surface area (Å²) in [5.41, 5.74) is 0. The Bertz CT molecular complexity index is 194. The van der Waals surface area contributed by atoms with Gasteiger partial charge in [-0.25, -0.2) is 0 Å². The fourth-order valence-electron chi connectivity index (χ4n) is 2.47. The van der Waals surface area contributed by atoms with E-state index in [4.69, 9.17) is 0 Å². The van der Waals surface area contributed by atoms with Crippen LogP contribution in [0.25, 0.3) is 0 Å². The topological polar surface area (TPSA) is 21.8 Å². The van der Waals surface area contributed by atoms with Gasteiger partial charge >= 0.3 is 0 Å². The standard InChI is InChI=1S/C13H30N4/c1-15(2)10-7-14-8-11-17-9-5-6-13(17)12-16(3)4/h13-14H,5-12H2,1-4H3. The molecule has 102 valence electrons. The summed E-state index contributed by atoms with van der Waals surface area (Å²) in [4.78, 5) is 7.17. The van der Waals surface area contributed by atoms with Crippen molar-refractivity contribution in [2.45, 2.75) is 18.9 Å². The van der Waals surface area contributed by atoms with Crippen molar-refractivity contribution in [1.29, 1.82) is 0 Å². The minimum atomic E-state index is 0.778. The van der Waals surface area contributed by atoms with E-state index in [0.29, 0.717) is 0 Å². The van der Waals surface area contributed by atoms with Gasteiger partial charge in [-0.1, -0.05) is 0 Å². The Labute approximate surface area is 107 Å². The van der Waals surface area contributed by atoms with Gasteiger partial charge in [-0.05, 0) is 47.6 Å². The maximum atomic E-state index is 3.52. The Morgan fingerprint density at radius 3 is 2.53 bits per heavy atom. The third-order valence-electron chi connectivity index (χ3n) is 3.39. The molecule has 0 amide bonds. The highest BCUT2D eigenvalue weighted by Gasteiger charge is 2.23. The molecule has 1 fully saturated rings. The molecular formula is C13H30N4. The first-order chi connectivity index (χ1) is 8.09. The predicted molar refractivity (Wildman–Crippen MR) is 74.6 cm³/mol. The summed E-state index contributed by atoms with van der Waals surface area (Å²) in [6.07, 6.45) is 2.74. The summed E-state index contributed by atoms with van der Waals surface area (Å²) in [6.45, 7) is 7.04. The van der Waals surface area contributed by atoms with Crippen LogP contribution in [-0.2, 0) is 0 Å². The Kier molecular flexibility index (Phi) is 7.04. The second kappa shape index (κ2) is 8.03. The van der Waals surface area contributed by atoms with Crippen molar-refractivity contribution in [3.8, 4) is 0 Å². The van der Waals surface area contributed by atoms with Crippen molar-refractivity contribution in [2.75, 3.05) is 67.5 Å². The maximum Gasteiger partial charge on any atom is 0.0223 e. The van der Waals surface area contributed by atoms with Crippen LogP contribution in [0.5, 0.6) is 0 Å². The van der Waals surface area contributed by atoms with Gasteiger partial charge in [0.1, 0.15) is 0 Å². The zero-order valence-corrected chi connectivity index (χ0v) is 12.1. The maximum absolute atomic E-state index is 3.52. The molecule has 1 N–H and O–H groups in total. The molecule has 0 radical (unpaired) electrons. The molecular weight excluding hydrogens is 212 g/mol. The normalized spacial score (nSPS) is 21.9. The van der Waals surface area contributed by atoms with Crippen molar-refractivity contribution in [3.63, 3.8) is 0 Å². The molecule has 1 atom stereocenters. The van der Waals surface area contributed by atoms with E-state index in [-0.39, 0.29) is 0 Å². The number of hydrogen-bond acceptors (Lipinski definition) is 4. The molecule has 1 heterocycles. The molecule has 4 heteroatoms. The zero-order valence-electron chi connectivity index (χ0n) is 12.1. The highest BCUT2D eigenvalue weighted by Crippen LogP contribution is 2.16. The number of likely N-dealkylation sites (tertiary alicyclic amines) is 1. The van der Waals surface area contributed by atoms with Crippen LogP contribution in [0.3, 0.4) is 0 Å². The Hall–Kier alpha value is -0.160. The van der Waals surface area contributed by atoms with Crippen molar-refractivity contribution in [2.24, 2.45) is 0 Å². The first kappa shape index (κ1) is 14.9. The van der Waals surface area contributed by atoms with Gasteiger partial charge in [0.05, 0.1) is 0 Å². The van der Waals surface area contributed by atoms with Crippen LogP contribution in [0, 0.1) is 0 Å². The molecule has 0 bridgehead atoms. The number of nitrogens with zero attached hydrogens (tertiary/aromatic N) is 3. The first-order valence-corrected chi connectivity index (χ1v) is 6.84. The van der Waals surface area contributed by atoms with E-state index in [9.17, 15) is 0 Å². The molecule has 0 aromatic rings. The molecule has 0 saturated carbocycles. The number of nitrogens with one attached hydrogen (secondary N) is 1. The summed E-state index contributed by atoms with van der Waals surface area (Å²) < 4.78 is 0. The summed E-state index contributed by atoms with van der Waals surface area (Å²) in [7, 11) is 8.59. The second-order valence-corrected chi connectivity index (χ2v) is 5.65. The Balaban J connectivity index is 2.09. The minimum absolute atomic E-state index is 0.778. The van der Waals surface area contributed by atoms with E-state index < -0.39 is 0 Å². The fraction of sp³-hybridized carbons (Fsp3) is 1.00. The zero-order chi connectivity index (χ0) is 12.7. The predicted octanol–water partition coefficient (Wildman–Crippen LogP) is 0.164. The molecule has 1 unspecified atom stereocenters. The smallest absolute Gasteiger partial charge is 0.0223 e. The van der Waals surface area contributed by atoms with E-state index in [0.717, 1.165) is 25.7 Å². The largest absolute Gasteiger partial charge is 0.314 e. The van der Waals surface area contributed by atoms with Crippen LogP contribution >= 0.6 is 0 Å². The summed E-state index contributed by atoms with van der Waals surface area (Å²) in [6, 6.07) is 0.778. The highest BCUT2D eigenvalue weighted by molar-refractivity contribution is 4.81. The van der Waals surface area contributed by atoms with Crippen LogP contribution in [0.1, 0.15) is 12.8 Å². The summed E-state index contributed by atoms with van der Waals surface area (Å²) in [5.74, 6) is 0. The lowest BCUT2D eigenvalue weighted by Crippen LogP contribution is -2.41. The molecule has 1 aliphatic heterocycles. The van der Waals surface area contributed by atoms with E-state index in [2.05, 4.69) is 48.2 Å². The van der Waals surface area contributed by atoms with Gasteiger partial charge in [0, 0.05) is 38.8 Å². The highest BCUT2D eigenvalue weighted by atomic mass is 15.2. The third-order valence-corrected chi connectivity index (χ3v) is 3.39. The van der Waals surface area contributed by atoms with Gasteiger partial charge in [0.2, 0.25) is 0 Å². The summed E-state index contributed by atoms with van der Waals surface area (Å²) in [5, 5.41) is 3.52. The molecule has 0 aliphatic carbocycles. The molecule has 17 heavy (non-hydrogen) atoms. The van der Waals surface area contributed by atoms with E-state index >= 15 is 0 Å². The number of rotatable bonds is 8. The number of likely N-dealkylation sites (N-methyl/N-ethyl adjacent to an activating group) is 2. The Morgan fingerprint density at radius 1 is 1.12 bits per heavy atom. The van der Waals surface area contributed by atoms with Crippen LogP contribution in [0.2, 0.25) is 0 Å². The first-order valence-electron chi connectivity index (χ1n) is 6.84. The quantitative estimate of drug-likeness (QED) is 0.612. The van der Waals surface area contributed by atoms with E-state index in [1.807, 2.05) is 0 Å². The molecule has 1 rings (SSSR count). The molecule has 0 aromatic heterocycles. The summed E-state index contributed by atoms with van der Waals surface area (Å²) >= 11 is 0. The van der Waals surface area contributed by atoms with E-state index in [1.165, 1.54) is 32.5 Å². The SMILES string of the molecule is CN(C)CCNCCN1CCCC1CN(C)C. The van der Waals surface area contributed by atoms with Crippen molar-refractivity contribution < 1.29 is 0 Å². The minimum Gasteiger partial charge on any atom is -0.314 e. The average molecular weight is 242 g/mol. The van der Waals surface area contributed by atoms with Gasteiger partial charge in [0.15, 0.2) is 0 Å². The Morgan fingerprint density at radius 2 is 1.88 bits per heavy atom. The lowest BCUT2D eigenvalue weighted by molar-refractivity contribution is 0.208.